The minimum atomic E-state index is -2.64. The second-order valence-corrected chi connectivity index (χ2v) is 8.70. The van der Waals surface area contributed by atoms with Crippen LogP contribution in [0.3, 0.4) is 0 Å². The van der Waals surface area contributed by atoms with Gasteiger partial charge in [0.15, 0.2) is 0 Å². The Hall–Kier alpha value is -3.47. The average molecular weight is 465 g/mol. The van der Waals surface area contributed by atoms with E-state index in [-0.39, 0.29) is 6.54 Å². The van der Waals surface area contributed by atoms with Gasteiger partial charge in [0.2, 0.25) is 16.8 Å². The summed E-state index contributed by atoms with van der Waals surface area (Å²) in [6.07, 6.45) is 1.77. The van der Waals surface area contributed by atoms with Crippen molar-refractivity contribution >= 4 is 33.7 Å². The lowest BCUT2D eigenvalue weighted by Crippen LogP contribution is -2.20. The number of hydrogen-bond acceptors (Lipinski definition) is 7. The van der Waals surface area contributed by atoms with Crippen molar-refractivity contribution < 1.29 is 13.2 Å². The van der Waals surface area contributed by atoms with Gasteiger partial charge in [-0.05, 0) is 42.0 Å². The topological polar surface area (TPSA) is 101 Å². The van der Waals surface area contributed by atoms with Crippen LogP contribution in [-0.4, -0.2) is 43.2 Å². The van der Waals surface area contributed by atoms with Gasteiger partial charge in [0, 0.05) is 42.6 Å². The average Bonchev–Trinajstić information content (AvgIpc) is 3.15. The Labute approximate surface area is 193 Å². The molecule has 9 nitrogen and oxygen atoms in total. The van der Waals surface area contributed by atoms with Crippen LogP contribution in [0.2, 0.25) is 0 Å². The van der Waals surface area contributed by atoms with E-state index in [0.29, 0.717) is 19.2 Å². The summed E-state index contributed by atoms with van der Waals surface area (Å²) in [5.41, 5.74) is 6.72. The largest absolute Gasteiger partial charge is 0.375 e. The fraction of sp³-hybridized carbons (Fsp3) is 0.217. The Morgan fingerprint density at radius 3 is 2.91 bits per heavy atom. The third-order valence-electron chi connectivity index (χ3n) is 5.61. The molecule has 3 heterocycles. The number of hydrogen-bond donors (Lipinski definition) is 3. The molecule has 1 aliphatic heterocycles. The number of likely N-dealkylation sites (N-methyl/N-ethyl adjacent to an activating group) is 1. The molecule has 2 aromatic heterocycles. The smallest absolute Gasteiger partial charge is 0.245 e. The quantitative estimate of drug-likeness (QED) is 0.377. The van der Waals surface area contributed by atoms with E-state index in [2.05, 4.69) is 39.1 Å². The number of rotatable bonds is 6. The van der Waals surface area contributed by atoms with E-state index in [0.717, 1.165) is 45.8 Å². The Kier molecular flexibility index (Phi) is 5.95. The summed E-state index contributed by atoms with van der Waals surface area (Å²) in [5.74, 6) is 0.476. The summed E-state index contributed by atoms with van der Waals surface area (Å²) in [7, 11) is -0.572. The van der Waals surface area contributed by atoms with Crippen LogP contribution in [0.15, 0.2) is 60.8 Å². The van der Waals surface area contributed by atoms with Crippen molar-refractivity contribution in [3.8, 4) is 11.3 Å². The van der Waals surface area contributed by atoms with E-state index in [1.807, 2.05) is 47.0 Å². The molecule has 4 aromatic rings. The first kappa shape index (κ1) is 21.4. The minimum Gasteiger partial charge on any atom is -0.375 e. The van der Waals surface area contributed by atoms with E-state index < -0.39 is 10.9 Å². The van der Waals surface area contributed by atoms with Crippen LogP contribution in [0, 0.1) is 0 Å². The van der Waals surface area contributed by atoms with E-state index in [1.165, 1.54) is 0 Å². The van der Waals surface area contributed by atoms with Crippen molar-refractivity contribution in [2.45, 2.75) is 13.2 Å². The molecule has 2 N–H and O–H groups in total. The predicted octanol–water partition coefficient (Wildman–Crippen LogP) is 2.72. The number of thiol groups is 1. The highest BCUT2D eigenvalue weighted by Gasteiger charge is 2.14. The van der Waals surface area contributed by atoms with Crippen molar-refractivity contribution in [2.75, 3.05) is 30.4 Å². The standard InChI is InChI=1S/C23H24N6O3S/c1-28-9-10-32-15-18-12-19(5-7-21(18)28)26-23-24-14-20-6-8-22(29(20)27-23)17-4-2-3-16(11-17)13-25-33(30)31/h2-8,11-12,14,33H,9-10,13,15H2,1H3,(H,26,27)(H,25,30,31). The summed E-state index contributed by atoms with van der Waals surface area (Å²) in [4.78, 5) is 6.65. The van der Waals surface area contributed by atoms with Gasteiger partial charge in [0.25, 0.3) is 0 Å². The van der Waals surface area contributed by atoms with Crippen molar-refractivity contribution in [3.63, 3.8) is 0 Å². The molecule has 2 aromatic carbocycles. The third kappa shape index (κ3) is 4.68. The molecule has 0 fully saturated rings. The highest BCUT2D eigenvalue weighted by atomic mass is 32.2. The molecule has 0 amide bonds. The normalized spacial score (nSPS) is 13.8. The summed E-state index contributed by atoms with van der Waals surface area (Å²) >= 11 is 0. The number of anilines is 3. The van der Waals surface area contributed by atoms with Crippen molar-refractivity contribution in [1.29, 1.82) is 0 Å². The van der Waals surface area contributed by atoms with Gasteiger partial charge in [-0.2, -0.15) is 0 Å². The molecule has 33 heavy (non-hydrogen) atoms. The van der Waals surface area contributed by atoms with Gasteiger partial charge in [-0.25, -0.2) is 22.6 Å². The zero-order valence-electron chi connectivity index (χ0n) is 18.1. The van der Waals surface area contributed by atoms with E-state index >= 15 is 0 Å². The number of nitrogens with zero attached hydrogens (tertiary/aromatic N) is 4. The molecule has 5 rings (SSSR count). The van der Waals surface area contributed by atoms with Crippen molar-refractivity contribution in [1.82, 2.24) is 19.3 Å². The molecule has 170 valence electrons. The number of fused-ring (bicyclic) bond motifs is 2. The maximum atomic E-state index is 10.8. The summed E-state index contributed by atoms with van der Waals surface area (Å²) in [6, 6.07) is 17.8. The first-order valence-electron chi connectivity index (χ1n) is 10.6. The molecule has 0 radical (unpaired) electrons. The van der Waals surface area contributed by atoms with Crippen LogP contribution >= 0.6 is 0 Å². The monoisotopic (exact) mass is 464 g/mol. The first-order chi connectivity index (χ1) is 16.1. The third-order valence-corrected chi connectivity index (χ3v) is 6.03. The Balaban J connectivity index is 1.43. The Morgan fingerprint density at radius 2 is 2.03 bits per heavy atom. The predicted molar refractivity (Wildman–Crippen MR) is 128 cm³/mol. The molecule has 0 saturated heterocycles. The lowest BCUT2D eigenvalue weighted by atomic mass is 10.1. The zero-order chi connectivity index (χ0) is 22.8. The molecular weight excluding hydrogens is 440 g/mol. The van der Waals surface area contributed by atoms with Crippen molar-refractivity contribution in [3.05, 3.63) is 71.9 Å². The summed E-state index contributed by atoms with van der Waals surface area (Å²) in [6.45, 7) is 2.39. The highest BCUT2D eigenvalue weighted by molar-refractivity contribution is 7.70. The maximum Gasteiger partial charge on any atom is 0.245 e. The van der Waals surface area contributed by atoms with Gasteiger partial charge >= 0.3 is 0 Å². The molecule has 0 atom stereocenters. The fourth-order valence-corrected chi connectivity index (χ4v) is 4.27. The SMILES string of the molecule is CN1CCOCc2cc(Nc3ncc4ccc(-c5cccc(CN[SH](=O)=O)c5)n4n3)ccc21. The number of aromatic nitrogens is 3. The zero-order valence-corrected chi connectivity index (χ0v) is 19.0. The molecule has 0 aliphatic carbocycles. The summed E-state index contributed by atoms with van der Waals surface area (Å²) in [5, 5.41) is 8.00. The second-order valence-electron chi connectivity index (χ2n) is 7.87. The van der Waals surface area contributed by atoms with Crippen LogP contribution in [0.4, 0.5) is 17.3 Å². The van der Waals surface area contributed by atoms with Gasteiger partial charge < -0.3 is 15.0 Å². The minimum absolute atomic E-state index is 0.245. The number of benzene rings is 2. The van der Waals surface area contributed by atoms with Gasteiger partial charge in [-0.1, -0.05) is 18.2 Å². The lowest BCUT2D eigenvalue weighted by Gasteiger charge is -2.19. The molecule has 0 bridgehead atoms. The second kappa shape index (κ2) is 9.18. The number of ether oxygens (including phenoxy) is 1. The van der Waals surface area contributed by atoms with Crippen LogP contribution in [0.5, 0.6) is 0 Å². The molecule has 1 aliphatic rings. The van der Waals surface area contributed by atoms with E-state index in [4.69, 9.17) is 9.84 Å². The van der Waals surface area contributed by atoms with E-state index in [1.54, 1.807) is 6.20 Å². The lowest BCUT2D eigenvalue weighted by molar-refractivity contribution is 0.133. The molecule has 0 saturated carbocycles. The van der Waals surface area contributed by atoms with Crippen LogP contribution in [-0.2, 0) is 28.8 Å². The molecule has 10 heteroatoms. The summed E-state index contributed by atoms with van der Waals surface area (Å²) < 4.78 is 31.7. The molecule has 0 unspecified atom stereocenters. The molecular formula is C23H24N6O3S. The fourth-order valence-electron chi connectivity index (χ4n) is 3.96. The highest BCUT2D eigenvalue weighted by Crippen LogP contribution is 2.28. The maximum absolute atomic E-state index is 10.8. The van der Waals surface area contributed by atoms with Gasteiger partial charge in [0.1, 0.15) is 0 Å². The van der Waals surface area contributed by atoms with Crippen molar-refractivity contribution in [2.24, 2.45) is 0 Å². The van der Waals surface area contributed by atoms with Gasteiger partial charge in [0.05, 0.1) is 30.6 Å². The van der Waals surface area contributed by atoms with Gasteiger partial charge in [-0.3, -0.25) is 0 Å². The van der Waals surface area contributed by atoms with Crippen LogP contribution < -0.4 is 14.9 Å². The van der Waals surface area contributed by atoms with E-state index in [9.17, 15) is 8.42 Å². The first-order valence-corrected chi connectivity index (χ1v) is 11.8. The Bertz CT molecular complexity index is 1380. The number of nitrogens with one attached hydrogen (secondary N) is 2. The van der Waals surface area contributed by atoms with Gasteiger partial charge in [-0.15, -0.1) is 5.10 Å². The van der Waals surface area contributed by atoms with Crippen LogP contribution in [0.25, 0.3) is 16.8 Å². The Morgan fingerprint density at radius 1 is 1.12 bits per heavy atom. The molecule has 0 spiro atoms. The van der Waals surface area contributed by atoms with Crippen LogP contribution in [0.1, 0.15) is 11.1 Å².